The number of pyridine rings is 1. The summed E-state index contributed by atoms with van der Waals surface area (Å²) in [5, 5.41) is 9.74. The lowest BCUT2D eigenvalue weighted by Gasteiger charge is -2.33. The molecule has 1 aliphatic rings. The monoisotopic (exact) mass is 461 g/mol. The zero-order valence-corrected chi connectivity index (χ0v) is 19.1. The number of ether oxygens (including phenoxy) is 1. The minimum Gasteiger partial charge on any atom is -0.478 e. The Morgan fingerprint density at radius 2 is 2.03 bits per heavy atom. The van der Waals surface area contributed by atoms with E-state index in [-0.39, 0.29) is 40.5 Å². The molecule has 10 heteroatoms. The van der Waals surface area contributed by atoms with Gasteiger partial charge in [0.05, 0.1) is 29.3 Å². The van der Waals surface area contributed by atoms with E-state index in [1.165, 1.54) is 12.3 Å². The molecular formula is C22H27N3O6S. The van der Waals surface area contributed by atoms with Gasteiger partial charge in [-0.25, -0.2) is 18.2 Å². The first kappa shape index (κ1) is 23.5. The molecular weight excluding hydrogens is 434 g/mol. The second-order valence-electron chi connectivity index (χ2n) is 7.81. The number of carboxylic acid groups (broad SMARTS) is 1. The van der Waals surface area contributed by atoms with Crippen LogP contribution in [0.2, 0.25) is 0 Å². The number of carbonyl (C=O) groups is 2. The molecule has 32 heavy (non-hydrogen) atoms. The second-order valence-corrected chi connectivity index (χ2v) is 9.46. The van der Waals surface area contributed by atoms with E-state index in [1.807, 2.05) is 6.07 Å². The third-order valence-electron chi connectivity index (χ3n) is 5.32. The average Bonchev–Trinajstić information content (AvgIpc) is 2.75. The number of hydrogen-bond acceptors (Lipinski definition) is 7. The van der Waals surface area contributed by atoms with E-state index in [0.29, 0.717) is 31.5 Å². The van der Waals surface area contributed by atoms with E-state index >= 15 is 0 Å². The van der Waals surface area contributed by atoms with Gasteiger partial charge in [0.1, 0.15) is 11.4 Å². The molecule has 1 aromatic heterocycles. The highest BCUT2D eigenvalue weighted by Crippen LogP contribution is 2.28. The number of hydrogen-bond donors (Lipinski definition) is 2. The quantitative estimate of drug-likeness (QED) is 0.603. The molecule has 0 bridgehead atoms. The number of anilines is 2. The normalized spacial score (nSPS) is 16.5. The van der Waals surface area contributed by atoms with Crippen molar-refractivity contribution in [3.63, 3.8) is 0 Å². The summed E-state index contributed by atoms with van der Waals surface area (Å²) < 4.78 is 33.3. The largest absolute Gasteiger partial charge is 0.478 e. The molecule has 1 saturated heterocycles. The van der Waals surface area contributed by atoms with Crippen molar-refractivity contribution in [3.05, 3.63) is 47.2 Å². The SMILES string of the molecule is CCOC(=O)[C@H]1CCCN(c2ncc(NS(=O)(=O)c3cc(C)ccc3C)cc2C(=O)O)C1. The Morgan fingerprint density at radius 1 is 1.28 bits per heavy atom. The first-order valence-corrected chi connectivity index (χ1v) is 11.9. The molecule has 1 aliphatic heterocycles. The van der Waals surface area contributed by atoms with Crippen LogP contribution in [0.4, 0.5) is 11.5 Å². The lowest BCUT2D eigenvalue weighted by atomic mass is 9.98. The molecule has 1 aromatic carbocycles. The first-order valence-electron chi connectivity index (χ1n) is 10.4. The molecule has 1 atom stereocenters. The maximum atomic E-state index is 12.9. The molecule has 2 aromatic rings. The van der Waals surface area contributed by atoms with Crippen LogP contribution in [-0.2, 0) is 19.6 Å². The van der Waals surface area contributed by atoms with Crippen LogP contribution in [0.15, 0.2) is 35.4 Å². The topological polar surface area (TPSA) is 126 Å². The van der Waals surface area contributed by atoms with Gasteiger partial charge in [-0.1, -0.05) is 12.1 Å². The molecule has 0 amide bonds. The van der Waals surface area contributed by atoms with Crippen molar-refractivity contribution in [2.45, 2.75) is 38.5 Å². The van der Waals surface area contributed by atoms with E-state index < -0.39 is 16.0 Å². The Hall–Kier alpha value is -3.14. The van der Waals surface area contributed by atoms with Crippen molar-refractivity contribution in [1.29, 1.82) is 0 Å². The second kappa shape index (κ2) is 9.56. The zero-order chi connectivity index (χ0) is 23.5. The van der Waals surface area contributed by atoms with E-state index in [0.717, 1.165) is 5.56 Å². The van der Waals surface area contributed by atoms with Crippen molar-refractivity contribution in [2.75, 3.05) is 29.3 Å². The Bertz CT molecular complexity index is 1130. The number of sulfonamides is 1. The van der Waals surface area contributed by atoms with Crippen molar-refractivity contribution in [1.82, 2.24) is 4.98 Å². The van der Waals surface area contributed by atoms with Crippen LogP contribution in [0.25, 0.3) is 0 Å². The first-order chi connectivity index (χ1) is 15.1. The maximum absolute atomic E-state index is 12.9. The van der Waals surface area contributed by atoms with Gasteiger partial charge in [-0.3, -0.25) is 9.52 Å². The van der Waals surface area contributed by atoms with Gasteiger partial charge in [0, 0.05) is 13.1 Å². The fourth-order valence-electron chi connectivity index (χ4n) is 3.75. The summed E-state index contributed by atoms with van der Waals surface area (Å²) in [6, 6.07) is 6.34. The van der Waals surface area contributed by atoms with Crippen molar-refractivity contribution < 1.29 is 27.9 Å². The van der Waals surface area contributed by atoms with Gasteiger partial charge in [0.2, 0.25) is 0 Å². The number of nitrogens with zero attached hydrogens (tertiary/aromatic N) is 2. The number of benzene rings is 1. The van der Waals surface area contributed by atoms with Gasteiger partial charge >= 0.3 is 11.9 Å². The average molecular weight is 462 g/mol. The zero-order valence-electron chi connectivity index (χ0n) is 18.3. The number of aryl methyl sites for hydroxylation is 2. The van der Waals surface area contributed by atoms with Crippen LogP contribution >= 0.6 is 0 Å². The number of piperidine rings is 1. The number of aromatic nitrogens is 1. The van der Waals surface area contributed by atoms with Crippen molar-refractivity contribution in [2.24, 2.45) is 5.92 Å². The number of esters is 1. The van der Waals surface area contributed by atoms with E-state index in [9.17, 15) is 23.1 Å². The highest BCUT2D eigenvalue weighted by atomic mass is 32.2. The third kappa shape index (κ3) is 5.18. The molecule has 9 nitrogen and oxygen atoms in total. The molecule has 0 radical (unpaired) electrons. The van der Waals surface area contributed by atoms with E-state index in [4.69, 9.17) is 4.74 Å². The summed E-state index contributed by atoms with van der Waals surface area (Å²) in [7, 11) is -3.93. The smallest absolute Gasteiger partial charge is 0.339 e. The summed E-state index contributed by atoms with van der Waals surface area (Å²) in [4.78, 5) is 30.2. The number of nitrogens with one attached hydrogen (secondary N) is 1. The van der Waals surface area contributed by atoms with Gasteiger partial charge in [-0.15, -0.1) is 0 Å². The molecule has 3 rings (SSSR count). The molecule has 172 valence electrons. The number of carboxylic acids is 1. The molecule has 0 saturated carbocycles. The molecule has 2 N–H and O–H groups in total. The molecule has 0 aliphatic carbocycles. The van der Waals surface area contributed by atoms with Gasteiger partial charge in [-0.2, -0.15) is 0 Å². The van der Waals surface area contributed by atoms with E-state index in [1.54, 1.807) is 37.8 Å². The molecule has 0 spiro atoms. The highest BCUT2D eigenvalue weighted by Gasteiger charge is 2.30. The fraction of sp³-hybridized carbons (Fsp3) is 0.409. The van der Waals surface area contributed by atoms with Crippen LogP contribution in [0.3, 0.4) is 0 Å². The summed E-state index contributed by atoms with van der Waals surface area (Å²) in [6.07, 6.45) is 2.63. The van der Waals surface area contributed by atoms with Gasteiger partial charge in [-0.05, 0) is 56.9 Å². The van der Waals surface area contributed by atoms with Crippen LogP contribution in [-0.4, -0.2) is 50.1 Å². The van der Waals surface area contributed by atoms with Crippen molar-refractivity contribution in [3.8, 4) is 0 Å². The predicted molar refractivity (Wildman–Crippen MR) is 119 cm³/mol. The lowest BCUT2D eigenvalue weighted by Crippen LogP contribution is -2.40. The Labute approximate surface area is 187 Å². The lowest BCUT2D eigenvalue weighted by molar-refractivity contribution is -0.148. The van der Waals surface area contributed by atoms with Crippen LogP contribution < -0.4 is 9.62 Å². The van der Waals surface area contributed by atoms with E-state index in [2.05, 4.69) is 9.71 Å². The van der Waals surface area contributed by atoms with Crippen LogP contribution in [0.5, 0.6) is 0 Å². The Balaban J connectivity index is 1.89. The predicted octanol–water partition coefficient (Wildman–Crippen LogP) is 2.98. The Kier molecular flexibility index (Phi) is 7.02. The highest BCUT2D eigenvalue weighted by molar-refractivity contribution is 7.92. The van der Waals surface area contributed by atoms with Crippen LogP contribution in [0, 0.1) is 19.8 Å². The summed E-state index contributed by atoms with van der Waals surface area (Å²) in [5.74, 6) is -1.72. The standard InChI is InChI=1S/C22H27N3O6S/c1-4-31-22(28)16-6-5-9-25(13-16)20-18(21(26)27)11-17(12-23-20)24-32(29,30)19-10-14(2)7-8-15(19)3/h7-8,10-12,16,24H,4-6,9,13H2,1-3H3,(H,26,27)/t16-/m0/s1. The van der Waals surface area contributed by atoms with Crippen molar-refractivity contribution >= 4 is 33.5 Å². The molecule has 1 fully saturated rings. The summed E-state index contributed by atoms with van der Waals surface area (Å²) >= 11 is 0. The summed E-state index contributed by atoms with van der Waals surface area (Å²) in [6.45, 7) is 6.33. The minimum absolute atomic E-state index is 0.0472. The van der Waals surface area contributed by atoms with Gasteiger partial charge < -0.3 is 14.7 Å². The molecule has 2 heterocycles. The number of carbonyl (C=O) groups excluding carboxylic acids is 1. The Morgan fingerprint density at radius 3 is 2.72 bits per heavy atom. The van der Waals surface area contributed by atoms with Crippen LogP contribution in [0.1, 0.15) is 41.3 Å². The third-order valence-corrected chi connectivity index (χ3v) is 6.85. The van der Waals surface area contributed by atoms with Gasteiger partial charge in [0.25, 0.3) is 10.0 Å². The summed E-state index contributed by atoms with van der Waals surface area (Å²) in [5.41, 5.74) is 1.27. The molecule has 0 unspecified atom stereocenters. The minimum atomic E-state index is -3.93. The maximum Gasteiger partial charge on any atom is 0.339 e. The number of aromatic carboxylic acids is 1. The fourth-order valence-corrected chi connectivity index (χ4v) is 5.12. The number of rotatable bonds is 7. The van der Waals surface area contributed by atoms with Gasteiger partial charge in [0.15, 0.2) is 0 Å².